The number of nitrogens with zero attached hydrogens (tertiary/aromatic N) is 2. The SMILES string of the molecule is FC(F)(F)c1ccc2c(SCCCCCOC3=COC(CN4CCSCC4)=CC3)ccnc2c1. The Morgan fingerprint density at radius 2 is 1.97 bits per heavy atom. The van der Waals surface area contributed by atoms with Gasteiger partial charge in [0.25, 0.3) is 0 Å². The largest absolute Gasteiger partial charge is 0.494 e. The molecule has 34 heavy (non-hydrogen) atoms. The molecule has 0 bridgehead atoms. The Morgan fingerprint density at radius 1 is 1.12 bits per heavy atom. The van der Waals surface area contributed by atoms with Crippen molar-refractivity contribution in [2.24, 2.45) is 0 Å². The van der Waals surface area contributed by atoms with Gasteiger partial charge in [0.2, 0.25) is 0 Å². The molecule has 3 heterocycles. The van der Waals surface area contributed by atoms with Gasteiger partial charge >= 0.3 is 6.18 Å². The highest BCUT2D eigenvalue weighted by molar-refractivity contribution is 7.99. The molecular weight excluding hydrogens is 481 g/mol. The Kier molecular flexibility index (Phi) is 9.08. The summed E-state index contributed by atoms with van der Waals surface area (Å²) in [6.45, 7) is 3.77. The first-order valence-corrected chi connectivity index (χ1v) is 13.7. The van der Waals surface area contributed by atoms with Gasteiger partial charge in [-0.15, -0.1) is 11.8 Å². The minimum Gasteiger partial charge on any atom is -0.494 e. The predicted octanol–water partition coefficient (Wildman–Crippen LogP) is 6.73. The van der Waals surface area contributed by atoms with Gasteiger partial charge in [0.05, 0.1) is 24.2 Å². The van der Waals surface area contributed by atoms with E-state index in [1.807, 2.05) is 17.8 Å². The summed E-state index contributed by atoms with van der Waals surface area (Å²) in [5.74, 6) is 5.16. The van der Waals surface area contributed by atoms with Crippen LogP contribution in [-0.4, -0.2) is 53.4 Å². The van der Waals surface area contributed by atoms with Gasteiger partial charge < -0.3 is 9.47 Å². The summed E-state index contributed by atoms with van der Waals surface area (Å²) in [5, 5.41) is 0.764. The van der Waals surface area contributed by atoms with Gasteiger partial charge in [-0.2, -0.15) is 24.9 Å². The third-order valence-corrected chi connectivity index (χ3v) is 7.82. The Morgan fingerprint density at radius 3 is 2.74 bits per heavy atom. The molecule has 0 unspecified atom stereocenters. The molecule has 9 heteroatoms. The normalized spacial score (nSPS) is 17.3. The van der Waals surface area contributed by atoms with Gasteiger partial charge in [0, 0.05) is 47.5 Å². The fourth-order valence-corrected chi connectivity index (χ4v) is 5.85. The summed E-state index contributed by atoms with van der Waals surface area (Å²) in [6.07, 6.45) is 4.83. The van der Waals surface area contributed by atoms with E-state index in [0.717, 1.165) is 85.0 Å². The van der Waals surface area contributed by atoms with E-state index >= 15 is 0 Å². The lowest BCUT2D eigenvalue weighted by Gasteiger charge is -2.27. The van der Waals surface area contributed by atoms with Crippen LogP contribution in [0.4, 0.5) is 13.2 Å². The second-order valence-electron chi connectivity index (χ2n) is 8.26. The lowest BCUT2D eigenvalue weighted by Crippen LogP contribution is -2.34. The first-order chi connectivity index (χ1) is 16.5. The van der Waals surface area contributed by atoms with Crippen molar-refractivity contribution in [2.75, 3.05) is 43.5 Å². The highest BCUT2D eigenvalue weighted by Gasteiger charge is 2.30. The minimum atomic E-state index is -4.36. The topological polar surface area (TPSA) is 34.6 Å². The maximum atomic E-state index is 12.9. The van der Waals surface area contributed by atoms with Crippen LogP contribution in [0.2, 0.25) is 0 Å². The van der Waals surface area contributed by atoms with Crippen LogP contribution in [0.1, 0.15) is 31.2 Å². The van der Waals surface area contributed by atoms with Crippen molar-refractivity contribution in [1.29, 1.82) is 0 Å². The third kappa shape index (κ3) is 7.33. The molecule has 184 valence electrons. The molecule has 0 aliphatic carbocycles. The van der Waals surface area contributed by atoms with E-state index in [0.29, 0.717) is 12.1 Å². The van der Waals surface area contributed by atoms with E-state index in [2.05, 4.69) is 16.0 Å². The molecule has 1 saturated heterocycles. The van der Waals surface area contributed by atoms with E-state index in [1.54, 1.807) is 24.2 Å². The quantitative estimate of drug-likeness (QED) is 0.261. The van der Waals surface area contributed by atoms with Crippen LogP contribution in [0, 0.1) is 0 Å². The first-order valence-electron chi connectivity index (χ1n) is 11.6. The predicted molar refractivity (Wildman–Crippen MR) is 133 cm³/mol. The number of aromatic nitrogens is 1. The van der Waals surface area contributed by atoms with Crippen molar-refractivity contribution in [2.45, 2.75) is 36.8 Å². The van der Waals surface area contributed by atoms with E-state index in [9.17, 15) is 13.2 Å². The zero-order valence-corrected chi connectivity index (χ0v) is 20.6. The molecule has 2 aliphatic rings. The van der Waals surface area contributed by atoms with E-state index in [1.165, 1.54) is 17.6 Å². The van der Waals surface area contributed by atoms with Crippen LogP contribution in [0.25, 0.3) is 10.9 Å². The molecule has 0 atom stereocenters. The van der Waals surface area contributed by atoms with Crippen molar-refractivity contribution in [3.05, 3.63) is 59.9 Å². The zero-order valence-electron chi connectivity index (χ0n) is 19.0. The molecule has 0 spiro atoms. The standard InChI is InChI=1S/C25H29F3N2O2S2/c26-25(27,28)19-4-7-22-23(16-19)29-9-8-24(22)34-13-3-1-2-12-31-21-6-5-20(32-18-21)17-30-10-14-33-15-11-30/h4-5,7-9,16,18H,1-3,6,10-15,17H2. The maximum absolute atomic E-state index is 12.9. The number of hydrogen-bond acceptors (Lipinski definition) is 6. The van der Waals surface area contributed by atoms with Gasteiger partial charge in [0.1, 0.15) is 17.8 Å². The summed E-state index contributed by atoms with van der Waals surface area (Å²) < 4.78 is 50.4. The average Bonchev–Trinajstić information content (AvgIpc) is 2.84. The summed E-state index contributed by atoms with van der Waals surface area (Å²) in [5.41, 5.74) is -0.288. The number of fused-ring (bicyclic) bond motifs is 1. The van der Waals surface area contributed by atoms with Crippen LogP contribution < -0.4 is 0 Å². The van der Waals surface area contributed by atoms with Gasteiger partial charge in [0.15, 0.2) is 0 Å². The van der Waals surface area contributed by atoms with Gasteiger partial charge in [-0.1, -0.05) is 6.07 Å². The number of ether oxygens (including phenoxy) is 2. The molecule has 2 aliphatic heterocycles. The van der Waals surface area contributed by atoms with Crippen molar-refractivity contribution in [1.82, 2.24) is 9.88 Å². The number of benzene rings is 1. The molecule has 0 N–H and O–H groups in total. The van der Waals surface area contributed by atoms with E-state index < -0.39 is 11.7 Å². The van der Waals surface area contributed by atoms with Crippen LogP contribution in [0.3, 0.4) is 0 Å². The molecule has 0 saturated carbocycles. The van der Waals surface area contributed by atoms with E-state index in [4.69, 9.17) is 9.47 Å². The molecule has 1 aromatic carbocycles. The number of hydrogen-bond donors (Lipinski definition) is 0. The number of pyridine rings is 1. The molecule has 1 fully saturated rings. The van der Waals surface area contributed by atoms with Gasteiger partial charge in [-0.3, -0.25) is 9.88 Å². The van der Waals surface area contributed by atoms with Crippen LogP contribution >= 0.6 is 23.5 Å². The monoisotopic (exact) mass is 510 g/mol. The third-order valence-electron chi connectivity index (χ3n) is 5.72. The van der Waals surface area contributed by atoms with Crippen LogP contribution in [-0.2, 0) is 15.7 Å². The molecule has 4 rings (SSSR count). The second kappa shape index (κ2) is 12.2. The Bertz CT molecular complexity index is 1020. The summed E-state index contributed by atoms with van der Waals surface area (Å²) in [7, 11) is 0. The molecule has 1 aromatic heterocycles. The first kappa shape index (κ1) is 25.3. The van der Waals surface area contributed by atoms with Gasteiger partial charge in [-0.05, 0) is 49.3 Å². The molecule has 4 nitrogen and oxygen atoms in total. The second-order valence-corrected chi connectivity index (χ2v) is 10.6. The van der Waals surface area contributed by atoms with Crippen molar-refractivity contribution in [3.8, 4) is 0 Å². The minimum absolute atomic E-state index is 0.378. The van der Waals surface area contributed by atoms with Crippen LogP contribution in [0.5, 0.6) is 0 Å². The number of rotatable bonds is 10. The maximum Gasteiger partial charge on any atom is 0.416 e. The number of allylic oxidation sites excluding steroid dienone is 1. The Hall–Kier alpha value is -1.84. The fraction of sp³-hybridized carbons (Fsp3) is 0.480. The number of alkyl halides is 3. The molecule has 2 aromatic rings. The lowest BCUT2D eigenvalue weighted by atomic mass is 10.1. The number of thioether (sulfide) groups is 2. The summed E-state index contributed by atoms with van der Waals surface area (Å²) in [6, 6.07) is 5.63. The summed E-state index contributed by atoms with van der Waals surface area (Å²) in [4.78, 5) is 7.50. The fourth-order valence-electron chi connectivity index (χ4n) is 3.82. The summed E-state index contributed by atoms with van der Waals surface area (Å²) >= 11 is 3.66. The smallest absolute Gasteiger partial charge is 0.416 e. The van der Waals surface area contributed by atoms with Gasteiger partial charge in [-0.25, -0.2) is 0 Å². The Balaban J connectivity index is 1.12. The lowest BCUT2D eigenvalue weighted by molar-refractivity contribution is -0.137. The highest BCUT2D eigenvalue weighted by Crippen LogP contribution is 2.34. The highest BCUT2D eigenvalue weighted by atomic mass is 32.2. The Labute approximate surface area is 207 Å². The number of halogens is 3. The number of unbranched alkanes of at least 4 members (excludes halogenated alkanes) is 2. The zero-order chi connectivity index (χ0) is 23.8. The van der Waals surface area contributed by atoms with Crippen LogP contribution in [0.15, 0.2) is 59.2 Å². The molecule has 0 radical (unpaired) electrons. The average molecular weight is 511 g/mol. The van der Waals surface area contributed by atoms with Crippen molar-refractivity contribution >= 4 is 34.4 Å². The van der Waals surface area contributed by atoms with Crippen molar-refractivity contribution in [3.63, 3.8) is 0 Å². The van der Waals surface area contributed by atoms with E-state index in [-0.39, 0.29) is 0 Å². The molecule has 0 amide bonds. The molecular formula is C25H29F3N2O2S2. The van der Waals surface area contributed by atoms with Crippen molar-refractivity contribution < 1.29 is 22.6 Å².